The normalized spacial score (nSPS) is 10.4. The van der Waals surface area contributed by atoms with Crippen molar-refractivity contribution in [2.24, 2.45) is 0 Å². The van der Waals surface area contributed by atoms with Gasteiger partial charge in [-0.2, -0.15) is 0 Å². The van der Waals surface area contributed by atoms with Gasteiger partial charge in [0.25, 0.3) is 5.91 Å². The first-order valence-electron chi connectivity index (χ1n) is 9.40. The van der Waals surface area contributed by atoms with Crippen LogP contribution in [0, 0.1) is 13.8 Å². The Morgan fingerprint density at radius 2 is 1.83 bits per heavy atom. The summed E-state index contributed by atoms with van der Waals surface area (Å²) in [7, 11) is 3.12. The maximum Gasteiger partial charge on any atom is 0.254 e. The second-order valence-electron chi connectivity index (χ2n) is 6.81. The Hall–Kier alpha value is -2.54. The van der Waals surface area contributed by atoms with E-state index >= 15 is 0 Å². The van der Waals surface area contributed by atoms with E-state index in [-0.39, 0.29) is 18.4 Å². The molecule has 0 bridgehead atoms. The maximum atomic E-state index is 12.8. The van der Waals surface area contributed by atoms with Gasteiger partial charge >= 0.3 is 0 Å². The van der Waals surface area contributed by atoms with Crippen molar-refractivity contribution >= 4 is 33.4 Å². The summed E-state index contributed by atoms with van der Waals surface area (Å²) in [6.07, 6.45) is 0.856. The molecule has 1 N–H and O–H groups in total. The van der Waals surface area contributed by atoms with E-state index in [9.17, 15) is 9.59 Å². The Morgan fingerprint density at radius 3 is 2.41 bits per heavy atom. The fourth-order valence-corrected chi connectivity index (χ4v) is 3.44. The van der Waals surface area contributed by atoms with Crippen LogP contribution in [0.5, 0.6) is 11.5 Å². The second kappa shape index (κ2) is 10.3. The molecule has 156 valence electrons. The van der Waals surface area contributed by atoms with Crippen LogP contribution in [0.4, 0.5) is 5.69 Å². The summed E-state index contributed by atoms with van der Waals surface area (Å²) in [5, 5.41) is 2.90. The zero-order valence-electron chi connectivity index (χ0n) is 17.5. The number of benzene rings is 2. The van der Waals surface area contributed by atoms with Gasteiger partial charge in [0.05, 0.1) is 24.7 Å². The summed E-state index contributed by atoms with van der Waals surface area (Å²) >= 11 is 3.44. The molecule has 0 radical (unpaired) electrons. The third-order valence-electron chi connectivity index (χ3n) is 4.40. The molecule has 2 aromatic carbocycles. The molecule has 0 aliphatic carbocycles. The third kappa shape index (κ3) is 5.73. The Kier molecular flexibility index (Phi) is 8.08. The van der Waals surface area contributed by atoms with E-state index in [4.69, 9.17) is 9.47 Å². The molecule has 2 rings (SSSR count). The number of methoxy groups -OCH3 is 1. The van der Waals surface area contributed by atoms with Crippen LogP contribution in [0.15, 0.2) is 34.8 Å². The van der Waals surface area contributed by atoms with Gasteiger partial charge in [0, 0.05) is 18.3 Å². The predicted octanol–water partition coefficient (Wildman–Crippen LogP) is 4.57. The molecule has 0 aromatic heterocycles. The molecule has 2 aromatic rings. The van der Waals surface area contributed by atoms with Crippen molar-refractivity contribution in [3.8, 4) is 11.5 Å². The van der Waals surface area contributed by atoms with Gasteiger partial charge in [0.2, 0.25) is 5.91 Å². The van der Waals surface area contributed by atoms with E-state index in [1.165, 1.54) is 12.0 Å². The monoisotopic (exact) mass is 462 g/mol. The second-order valence-corrected chi connectivity index (χ2v) is 7.67. The summed E-state index contributed by atoms with van der Waals surface area (Å²) in [5.74, 6) is 0.473. The molecule has 6 nitrogen and oxygen atoms in total. The molecule has 0 unspecified atom stereocenters. The molecule has 0 aliphatic rings. The van der Waals surface area contributed by atoms with E-state index in [0.717, 1.165) is 23.2 Å². The van der Waals surface area contributed by atoms with Crippen LogP contribution >= 0.6 is 15.9 Å². The number of para-hydroxylation sites is 1. The van der Waals surface area contributed by atoms with E-state index in [1.54, 1.807) is 19.2 Å². The number of hydrogen-bond acceptors (Lipinski definition) is 4. The minimum atomic E-state index is -0.289. The quantitative estimate of drug-likeness (QED) is 0.623. The Labute approximate surface area is 180 Å². The first kappa shape index (κ1) is 22.7. The SMILES string of the molecule is CCCOc1c(Br)cc(C(=O)N(C)CC(=O)Nc2c(C)cccc2C)cc1OC. The lowest BCUT2D eigenvalue weighted by atomic mass is 10.1. The van der Waals surface area contributed by atoms with Crippen molar-refractivity contribution in [1.29, 1.82) is 0 Å². The van der Waals surface area contributed by atoms with Crippen molar-refractivity contribution in [3.63, 3.8) is 0 Å². The molecule has 0 saturated heterocycles. The number of nitrogens with one attached hydrogen (secondary N) is 1. The first-order chi connectivity index (χ1) is 13.8. The van der Waals surface area contributed by atoms with Crippen LogP contribution in [0.3, 0.4) is 0 Å². The minimum absolute atomic E-state index is 0.0688. The van der Waals surface area contributed by atoms with Crippen LogP contribution < -0.4 is 14.8 Å². The number of carbonyl (C=O) groups is 2. The number of carbonyl (C=O) groups excluding carboxylic acids is 2. The Morgan fingerprint density at radius 1 is 1.17 bits per heavy atom. The van der Waals surface area contributed by atoms with Gasteiger partial charge in [-0.25, -0.2) is 0 Å². The van der Waals surface area contributed by atoms with Crippen molar-refractivity contribution in [1.82, 2.24) is 4.90 Å². The fraction of sp³-hybridized carbons (Fsp3) is 0.364. The summed E-state index contributed by atoms with van der Waals surface area (Å²) in [4.78, 5) is 26.7. The topological polar surface area (TPSA) is 67.9 Å². The van der Waals surface area contributed by atoms with E-state index in [1.807, 2.05) is 39.0 Å². The number of ether oxygens (including phenoxy) is 2. The molecule has 2 amide bonds. The maximum absolute atomic E-state index is 12.8. The molecular weight excluding hydrogens is 436 g/mol. The highest BCUT2D eigenvalue weighted by Crippen LogP contribution is 2.37. The predicted molar refractivity (Wildman–Crippen MR) is 118 cm³/mol. The highest BCUT2D eigenvalue weighted by Gasteiger charge is 2.20. The molecule has 0 heterocycles. The molecule has 0 atom stereocenters. The number of amides is 2. The van der Waals surface area contributed by atoms with Crippen LogP contribution in [0.1, 0.15) is 34.8 Å². The zero-order valence-corrected chi connectivity index (χ0v) is 19.1. The average molecular weight is 463 g/mol. The molecular formula is C22H27BrN2O4. The van der Waals surface area contributed by atoms with Gasteiger partial charge in [-0.1, -0.05) is 25.1 Å². The molecule has 0 fully saturated rings. The number of anilines is 1. The number of halogens is 1. The molecule has 0 aliphatic heterocycles. The van der Waals surface area contributed by atoms with Crippen LogP contribution in [-0.4, -0.2) is 44.0 Å². The highest BCUT2D eigenvalue weighted by molar-refractivity contribution is 9.10. The van der Waals surface area contributed by atoms with Crippen molar-refractivity contribution < 1.29 is 19.1 Å². The van der Waals surface area contributed by atoms with Gasteiger partial charge in [0.15, 0.2) is 11.5 Å². The van der Waals surface area contributed by atoms with Crippen molar-refractivity contribution in [3.05, 3.63) is 51.5 Å². The van der Waals surface area contributed by atoms with Crippen LogP contribution in [-0.2, 0) is 4.79 Å². The molecule has 7 heteroatoms. The Balaban J connectivity index is 2.13. The lowest BCUT2D eigenvalue weighted by Crippen LogP contribution is -2.35. The van der Waals surface area contributed by atoms with Crippen molar-refractivity contribution in [2.45, 2.75) is 27.2 Å². The van der Waals surface area contributed by atoms with Gasteiger partial charge in [-0.3, -0.25) is 9.59 Å². The third-order valence-corrected chi connectivity index (χ3v) is 4.99. The number of nitrogens with zero attached hydrogens (tertiary/aromatic N) is 1. The van der Waals surface area contributed by atoms with Gasteiger partial charge in [-0.15, -0.1) is 0 Å². The average Bonchev–Trinajstić information content (AvgIpc) is 2.68. The summed E-state index contributed by atoms with van der Waals surface area (Å²) in [6, 6.07) is 9.11. The number of likely N-dealkylation sites (N-methyl/N-ethyl adjacent to an activating group) is 1. The number of hydrogen-bond donors (Lipinski definition) is 1. The lowest BCUT2D eigenvalue weighted by molar-refractivity contribution is -0.116. The van der Waals surface area contributed by atoms with Gasteiger partial charge in [0.1, 0.15) is 0 Å². The first-order valence-corrected chi connectivity index (χ1v) is 10.2. The smallest absolute Gasteiger partial charge is 0.254 e. The largest absolute Gasteiger partial charge is 0.493 e. The summed E-state index contributed by atoms with van der Waals surface area (Å²) in [5.41, 5.74) is 3.13. The van der Waals surface area contributed by atoms with E-state index in [2.05, 4.69) is 21.2 Å². The molecule has 0 saturated carbocycles. The van der Waals surface area contributed by atoms with Gasteiger partial charge < -0.3 is 19.7 Å². The van der Waals surface area contributed by atoms with Crippen molar-refractivity contribution in [2.75, 3.05) is 32.6 Å². The number of aryl methyl sites for hydroxylation is 2. The summed E-state index contributed by atoms with van der Waals surface area (Å²) < 4.78 is 11.7. The summed E-state index contributed by atoms with van der Waals surface area (Å²) in [6.45, 7) is 6.35. The number of rotatable bonds is 8. The van der Waals surface area contributed by atoms with E-state index in [0.29, 0.717) is 28.1 Å². The van der Waals surface area contributed by atoms with Crippen LogP contribution in [0.2, 0.25) is 0 Å². The minimum Gasteiger partial charge on any atom is -0.493 e. The van der Waals surface area contributed by atoms with E-state index < -0.39 is 0 Å². The zero-order chi connectivity index (χ0) is 21.6. The molecule has 0 spiro atoms. The van der Waals surface area contributed by atoms with Crippen LogP contribution in [0.25, 0.3) is 0 Å². The molecule has 29 heavy (non-hydrogen) atoms. The standard InChI is InChI=1S/C22H27BrN2O4/c1-6-10-29-21-17(23)11-16(12-18(21)28-5)22(27)25(4)13-19(26)24-20-14(2)8-7-9-15(20)3/h7-9,11-12H,6,10,13H2,1-5H3,(H,24,26). The fourth-order valence-electron chi connectivity index (χ4n) is 2.89. The Bertz CT molecular complexity index is 878. The van der Waals surface area contributed by atoms with Gasteiger partial charge in [-0.05, 0) is 59.5 Å². The lowest BCUT2D eigenvalue weighted by Gasteiger charge is -2.19. The highest BCUT2D eigenvalue weighted by atomic mass is 79.9.